The summed E-state index contributed by atoms with van der Waals surface area (Å²) in [7, 11) is -3.03. The van der Waals surface area contributed by atoms with E-state index in [0.29, 0.717) is 20.9 Å². The highest BCUT2D eigenvalue weighted by molar-refractivity contribution is 8.15. The first-order chi connectivity index (χ1) is 8.89. The number of hydrogen-bond donors (Lipinski definition) is 1. The maximum Gasteiger partial charge on any atom is 0.161 e. The second-order valence-electron chi connectivity index (χ2n) is 4.55. The van der Waals surface area contributed by atoms with Gasteiger partial charge < -0.3 is 4.90 Å². The molecule has 102 valence electrons. The number of rotatable bonds is 1. The van der Waals surface area contributed by atoms with Crippen molar-refractivity contribution in [1.82, 2.24) is 0 Å². The highest BCUT2D eigenvalue weighted by atomic mass is 35.5. The predicted octanol–water partition coefficient (Wildman–Crippen LogP) is 2.65. The summed E-state index contributed by atoms with van der Waals surface area (Å²) >= 11 is 13.4. The van der Waals surface area contributed by atoms with E-state index in [1.54, 1.807) is 23.1 Å². The molecule has 1 N–H and O–H groups in total. The molecule has 0 spiro atoms. The molecule has 2 atom stereocenters. The van der Waals surface area contributed by atoms with Crippen LogP contribution in [0.3, 0.4) is 0 Å². The average Bonchev–Trinajstić information content (AvgIpc) is 2.73. The number of thioether (sulfide) groups is 1. The maximum atomic E-state index is 11.7. The summed E-state index contributed by atoms with van der Waals surface area (Å²) in [5, 5.41) is 9.03. The lowest BCUT2D eigenvalue weighted by molar-refractivity contribution is 0.601. The Labute approximate surface area is 125 Å². The van der Waals surface area contributed by atoms with Gasteiger partial charge in [0.1, 0.15) is 0 Å². The first kappa shape index (κ1) is 13.5. The number of nitrogens with one attached hydrogen (secondary N) is 1. The molecule has 0 amide bonds. The Morgan fingerprint density at radius 3 is 2.79 bits per heavy atom. The smallest absolute Gasteiger partial charge is 0.161 e. The van der Waals surface area contributed by atoms with Crippen LogP contribution >= 0.6 is 35.0 Å². The van der Waals surface area contributed by atoms with Crippen LogP contribution in [0.25, 0.3) is 0 Å². The minimum Gasteiger partial charge on any atom is -0.315 e. The van der Waals surface area contributed by atoms with Crippen LogP contribution in [0.1, 0.15) is 0 Å². The van der Waals surface area contributed by atoms with Gasteiger partial charge in [-0.15, -0.1) is 0 Å². The molecule has 2 aliphatic rings. The SMILES string of the molecule is N=C1S[C@@H]2CS(=O)(=O)C[C@H]2N1c1cccc(Cl)c1Cl. The van der Waals surface area contributed by atoms with Gasteiger partial charge in [-0.05, 0) is 12.1 Å². The fourth-order valence-electron chi connectivity index (χ4n) is 2.47. The standard InChI is InChI=1S/C11H10Cl2N2O2S2/c12-6-2-1-3-7(10(6)13)15-8-4-19(16,17)5-9(8)18-11(15)14/h1-3,8-9,14H,4-5H2/t8-,9-/m1/s1. The van der Waals surface area contributed by atoms with Gasteiger partial charge in [0.25, 0.3) is 0 Å². The Kier molecular flexibility index (Phi) is 3.24. The number of nitrogens with zero attached hydrogens (tertiary/aromatic N) is 1. The largest absolute Gasteiger partial charge is 0.315 e. The van der Waals surface area contributed by atoms with E-state index in [0.717, 1.165) is 0 Å². The summed E-state index contributed by atoms with van der Waals surface area (Å²) in [5.41, 5.74) is 0.608. The number of benzene rings is 1. The van der Waals surface area contributed by atoms with Crippen molar-refractivity contribution in [2.24, 2.45) is 0 Å². The zero-order valence-electron chi connectivity index (χ0n) is 9.64. The van der Waals surface area contributed by atoms with Crippen molar-refractivity contribution < 1.29 is 8.42 Å². The monoisotopic (exact) mass is 336 g/mol. The van der Waals surface area contributed by atoms with Crippen molar-refractivity contribution >= 4 is 55.7 Å². The Morgan fingerprint density at radius 1 is 1.32 bits per heavy atom. The van der Waals surface area contributed by atoms with Gasteiger partial charge in [0.15, 0.2) is 15.0 Å². The molecule has 0 saturated carbocycles. The van der Waals surface area contributed by atoms with E-state index >= 15 is 0 Å². The quantitative estimate of drug-likeness (QED) is 0.856. The highest BCUT2D eigenvalue weighted by Crippen LogP contribution is 2.43. The fraction of sp³-hybridized carbons (Fsp3) is 0.364. The summed E-state index contributed by atoms with van der Waals surface area (Å²) in [6.07, 6.45) is 0. The molecule has 0 aliphatic carbocycles. The summed E-state index contributed by atoms with van der Waals surface area (Å²) in [5.74, 6) is 0.190. The molecule has 0 aromatic heterocycles. The molecule has 8 heteroatoms. The first-order valence-corrected chi connectivity index (χ1v) is 9.03. The van der Waals surface area contributed by atoms with Crippen molar-refractivity contribution in [2.75, 3.05) is 16.4 Å². The van der Waals surface area contributed by atoms with Crippen LogP contribution in [0, 0.1) is 5.41 Å². The minimum atomic E-state index is -3.03. The van der Waals surface area contributed by atoms with Crippen LogP contribution < -0.4 is 4.90 Å². The summed E-state index contributed by atoms with van der Waals surface area (Å²) in [6, 6.07) is 4.95. The second kappa shape index (κ2) is 4.55. The molecule has 0 radical (unpaired) electrons. The van der Waals surface area contributed by atoms with Crippen LogP contribution in [0.5, 0.6) is 0 Å². The van der Waals surface area contributed by atoms with Crippen molar-refractivity contribution in [3.05, 3.63) is 28.2 Å². The van der Waals surface area contributed by atoms with Crippen LogP contribution in [0.15, 0.2) is 18.2 Å². The zero-order valence-corrected chi connectivity index (χ0v) is 12.8. The van der Waals surface area contributed by atoms with Crippen LogP contribution in [-0.4, -0.2) is 36.4 Å². The van der Waals surface area contributed by atoms with E-state index in [1.807, 2.05) is 0 Å². The minimum absolute atomic E-state index is 0.0654. The Morgan fingerprint density at radius 2 is 2.05 bits per heavy atom. The number of fused-ring (bicyclic) bond motifs is 1. The van der Waals surface area contributed by atoms with Gasteiger partial charge in [-0.2, -0.15) is 0 Å². The number of anilines is 1. The lowest BCUT2D eigenvalue weighted by atomic mass is 10.2. The van der Waals surface area contributed by atoms with Crippen molar-refractivity contribution in [3.63, 3.8) is 0 Å². The highest BCUT2D eigenvalue weighted by Gasteiger charge is 2.49. The van der Waals surface area contributed by atoms with Crippen LogP contribution in [-0.2, 0) is 9.84 Å². The Hall–Kier alpha value is -0.430. The molecule has 2 aliphatic heterocycles. The molecule has 0 unspecified atom stereocenters. The maximum absolute atomic E-state index is 11.7. The van der Waals surface area contributed by atoms with Gasteiger partial charge in [0.2, 0.25) is 0 Å². The zero-order chi connectivity index (χ0) is 13.8. The first-order valence-electron chi connectivity index (χ1n) is 5.58. The molecule has 3 rings (SSSR count). The Bertz CT molecular complexity index is 663. The number of sulfone groups is 1. The molecule has 2 heterocycles. The lowest BCUT2D eigenvalue weighted by Crippen LogP contribution is -2.37. The molecular weight excluding hydrogens is 327 g/mol. The van der Waals surface area contributed by atoms with Crippen molar-refractivity contribution in [1.29, 1.82) is 5.41 Å². The van der Waals surface area contributed by atoms with E-state index in [-0.39, 0.29) is 22.8 Å². The van der Waals surface area contributed by atoms with E-state index in [1.165, 1.54) is 11.8 Å². The third-order valence-electron chi connectivity index (χ3n) is 3.28. The third-order valence-corrected chi connectivity index (χ3v) is 7.22. The molecule has 4 nitrogen and oxygen atoms in total. The molecule has 19 heavy (non-hydrogen) atoms. The number of halogens is 2. The van der Waals surface area contributed by atoms with Gasteiger partial charge in [-0.1, -0.05) is 41.0 Å². The fourth-order valence-corrected chi connectivity index (χ4v) is 6.64. The molecule has 2 saturated heterocycles. The Balaban J connectivity index is 2.05. The van der Waals surface area contributed by atoms with Gasteiger partial charge in [0.05, 0.1) is 33.3 Å². The summed E-state index contributed by atoms with van der Waals surface area (Å²) in [6.45, 7) is 0. The van der Waals surface area contributed by atoms with Crippen LogP contribution in [0.2, 0.25) is 10.0 Å². The second-order valence-corrected chi connectivity index (χ2v) is 8.72. The van der Waals surface area contributed by atoms with Crippen molar-refractivity contribution in [2.45, 2.75) is 11.3 Å². The van der Waals surface area contributed by atoms with E-state index in [4.69, 9.17) is 28.6 Å². The van der Waals surface area contributed by atoms with Gasteiger partial charge in [-0.3, -0.25) is 5.41 Å². The summed E-state index contributed by atoms with van der Waals surface area (Å²) in [4.78, 5) is 1.69. The molecule has 0 bridgehead atoms. The van der Waals surface area contributed by atoms with Gasteiger partial charge >= 0.3 is 0 Å². The van der Waals surface area contributed by atoms with Gasteiger partial charge in [-0.25, -0.2) is 8.42 Å². The third kappa shape index (κ3) is 2.24. The molecule has 1 aromatic carbocycles. The molecular formula is C11H10Cl2N2O2S2. The lowest BCUT2D eigenvalue weighted by Gasteiger charge is -2.25. The van der Waals surface area contributed by atoms with Gasteiger partial charge in [0, 0.05) is 5.25 Å². The number of amidine groups is 1. The normalized spacial score (nSPS) is 28.7. The van der Waals surface area contributed by atoms with E-state index in [2.05, 4.69) is 0 Å². The van der Waals surface area contributed by atoms with E-state index < -0.39 is 9.84 Å². The summed E-state index contributed by atoms with van der Waals surface area (Å²) < 4.78 is 23.4. The predicted molar refractivity (Wildman–Crippen MR) is 80.5 cm³/mol. The average molecular weight is 337 g/mol. The molecule has 2 fully saturated rings. The van der Waals surface area contributed by atoms with E-state index in [9.17, 15) is 8.42 Å². The topological polar surface area (TPSA) is 61.2 Å². The van der Waals surface area contributed by atoms with Crippen LogP contribution in [0.4, 0.5) is 5.69 Å². The number of hydrogen-bond acceptors (Lipinski definition) is 4. The molecule has 1 aromatic rings. The van der Waals surface area contributed by atoms with Crippen molar-refractivity contribution in [3.8, 4) is 0 Å².